The molecule has 8 heteroatoms. The zero-order valence-corrected chi connectivity index (χ0v) is 17.6. The number of benzene rings is 1. The van der Waals surface area contributed by atoms with E-state index in [1.165, 1.54) is 11.8 Å². The molecule has 0 spiro atoms. The number of amides is 4. The highest BCUT2D eigenvalue weighted by atomic mass is 32.2. The Morgan fingerprint density at radius 3 is 2.53 bits per heavy atom. The molecule has 2 fully saturated rings. The molecule has 2 N–H and O–H groups in total. The molecule has 2 aliphatic heterocycles. The number of piperidine rings is 1. The molecule has 7 nitrogen and oxygen atoms in total. The average Bonchev–Trinajstić information content (AvgIpc) is 3.07. The number of rotatable bonds is 5. The highest BCUT2D eigenvalue weighted by Gasteiger charge is 2.52. The van der Waals surface area contributed by atoms with Gasteiger partial charge in [0.15, 0.2) is 0 Å². The summed E-state index contributed by atoms with van der Waals surface area (Å²) in [6.07, 6.45) is 5.30. The molecule has 1 aromatic heterocycles. The molecular formula is C22H24N4O3S. The molecule has 0 unspecified atom stereocenters. The first kappa shape index (κ1) is 20.4. The maximum absolute atomic E-state index is 13.0. The number of pyridine rings is 1. The Bertz CT molecular complexity index is 960. The van der Waals surface area contributed by atoms with Gasteiger partial charge in [0.1, 0.15) is 10.6 Å². The standard InChI is InChI=1S/C22H24N4O3S/c1-30-18-17(8-5-11-23-18)19(27)26-12-9-16(10-13-26)22(20(28)24-21(29)25-22)14-15-6-3-2-4-7-15/h2-8,11,16H,9-10,12-14H2,1H3,(H2,24,25,28,29)/t22-/m0/s1. The number of hydrogen-bond donors (Lipinski definition) is 2. The van der Waals surface area contributed by atoms with E-state index in [4.69, 9.17) is 0 Å². The zero-order valence-electron chi connectivity index (χ0n) is 16.8. The number of likely N-dealkylation sites (tertiary alicyclic amines) is 1. The number of nitrogens with one attached hydrogen (secondary N) is 2. The minimum atomic E-state index is -0.980. The van der Waals surface area contributed by atoms with E-state index in [0.717, 1.165) is 5.56 Å². The Morgan fingerprint density at radius 1 is 1.17 bits per heavy atom. The van der Waals surface area contributed by atoms with Crippen LogP contribution in [0.3, 0.4) is 0 Å². The summed E-state index contributed by atoms with van der Waals surface area (Å²) in [7, 11) is 0. The molecule has 4 rings (SSSR count). The number of nitrogens with zero attached hydrogens (tertiary/aromatic N) is 2. The van der Waals surface area contributed by atoms with Crippen LogP contribution in [0.5, 0.6) is 0 Å². The Hall–Kier alpha value is -2.87. The molecular weight excluding hydrogens is 400 g/mol. The minimum absolute atomic E-state index is 0.0390. The maximum atomic E-state index is 13.0. The molecule has 1 aromatic carbocycles. The van der Waals surface area contributed by atoms with Gasteiger partial charge in [-0.2, -0.15) is 0 Å². The van der Waals surface area contributed by atoms with Crippen molar-refractivity contribution >= 4 is 29.6 Å². The van der Waals surface area contributed by atoms with E-state index in [-0.39, 0.29) is 17.7 Å². The Morgan fingerprint density at radius 2 is 1.90 bits per heavy atom. The van der Waals surface area contributed by atoms with E-state index in [9.17, 15) is 14.4 Å². The van der Waals surface area contributed by atoms with E-state index in [0.29, 0.717) is 42.9 Å². The van der Waals surface area contributed by atoms with Gasteiger partial charge in [-0.1, -0.05) is 30.3 Å². The second kappa shape index (κ2) is 8.47. The summed E-state index contributed by atoms with van der Waals surface area (Å²) in [5.41, 5.74) is 0.620. The van der Waals surface area contributed by atoms with Gasteiger partial charge >= 0.3 is 6.03 Å². The number of imide groups is 1. The smallest absolute Gasteiger partial charge is 0.322 e. The number of thioether (sulfide) groups is 1. The number of urea groups is 1. The highest BCUT2D eigenvalue weighted by Crippen LogP contribution is 2.34. The summed E-state index contributed by atoms with van der Waals surface area (Å²) in [5, 5.41) is 6.05. The number of carbonyl (C=O) groups excluding carboxylic acids is 3. The van der Waals surface area contributed by atoms with Crippen molar-refractivity contribution in [1.29, 1.82) is 0 Å². The van der Waals surface area contributed by atoms with Crippen molar-refractivity contribution in [2.24, 2.45) is 5.92 Å². The van der Waals surface area contributed by atoms with Crippen LogP contribution in [-0.4, -0.2) is 52.6 Å². The van der Waals surface area contributed by atoms with E-state index < -0.39 is 11.6 Å². The zero-order chi connectivity index (χ0) is 21.1. The lowest BCUT2D eigenvalue weighted by atomic mass is 9.74. The Balaban J connectivity index is 1.51. The van der Waals surface area contributed by atoms with Crippen molar-refractivity contribution in [3.63, 3.8) is 0 Å². The third-order valence-corrected chi connectivity index (χ3v) is 6.68. The van der Waals surface area contributed by atoms with Gasteiger partial charge in [0, 0.05) is 25.7 Å². The van der Waals surface area contributed by atoms with Crippen molar-refractivity contribution in [1.82, 2.24) is 20.5 Å². The largest absolute Gasteiger partial charge is 0.339 e. The van der Waals surface area contributed by atoms with Crippen molar-refractivity contribution in [3.8, 4) is 0 Å². The van der Waals surface area contributed by atoms with Crippen LogP contribution in [0.2, 0.25) is 0 Å². The van der Waals surface area contributed by atoms with Gasteiger partial charge in [-0.3, -0.25) is 14.9 Å². The molecule has 30 heavy (non-hydrogen) atoms. The van der Waals surface area contributed by atoms with Gasteiger partial charge in [0.05, 0.1) is 5.56 Å². The van der Waals surface area contributed by atoms with Crippen LogP contribution < -0.4 is 10.6 Å². The van der Waals surface area contributed by atoms with Crippen LogP contribution in [-0.2, 0) is 11.2 Å². The first-order chi connectivity index (χ1) is 14.5. The van der Waals surface area contributed by atoms with E-state index in [2.05, 4.69) is 15.6 Å². The first-order valence-corrected chi connectivity index (χ1v) is 11.2. The summed E-state index contributed by atoms with van der Waals surface area (Å²) in [6, 6.07) is 12.8. The van der Waals surface area contributed by atoms with Crippen LogP contribution in [0.4, 0.5) is 4.79 Å². The van der Waals surface area contributed by atoms with Gasteiger partial charge in [0.2, 0.25) is 0 Å². The summed E-state index contributed by atoms with van der Waals surface area (Å²) in [6.45, 7) is 1.07. The third kappa shape index (κ3) is 3.79. The molecule has 4 amide bonds. The topological polar surface area (TPSA) is 91.4 Å². The van der Waals surface area contributed by atoms with Crippen molar-refractivity contribution < 1.29 is 14.4 Å². The fourth-order valence-electron chi connectivity index (χ4n) is 4.44. The van der Waals surface area contributed by atoms with Gasteiger partial charge < -0.3 is 10.2 Å². The molecule has 3 heterocycles. The summed E-state index contributed by atoms with van der Waals surface area (Å²) >= 11 is 1.45. The average molecular weight is 425 g/mol. The van der Waals surface area contributed by atoms with Gasteiger partial charge in [0.25, 0.3) is 11.8 Å². The Labute approximate surface area is 179 Å². The predicted octanol–water partition coefficient (Wildman–Crippen LogP) is 2.48. The molecule has 1 atom stereocenters. The van der Waals surface area contributed by atoms with E-state index in [1.807, 2.05) is 41.5 Å². The normalized spacial score (nSPS) is 22.0. The number of carbonyl (C=O) groups is 3. The Kier molecular flexibility index (Phi) is 5.76. The second-order valence-electron chi connectivity index (χ2n) is 7.67. The lowest BCUT2D eigenvalue weighted by molar-refractivity contribution is -0.126. The molecule has 2 saturated heterocycles. The van der Waals surface area contributed by atoms with Crippen molar-refractivity contribution in [2.75, 3.05) is 19.3 Å². The molecule has 156 valence electrons. The fourth-order valence-corrected chi connectivity index (χ4v) is 4.98. The van der Waals surface area contributed by atoms with E-state index in [1.54, 1.807) is 18.3 Å². The quantitative estimate of drug-likeness (QED) is 0.568. The summed E-state index contributed by atoms with van der Waals surface area (Å²) in [4.78, 5) is 44.0. The van der Waals surface area contributed by atoms with Gasteiger partial charge in [-0.25, -0.2) is 9.78 Å². The first-order valence-electron chi connectivity index (χ1n) is 9.99. The van der Waals surface area contributed by atoms with Crippen molar-refractivity contribution in [2.45, 2.75) is 29.8 Å². The van der Waals surface area contributed by atoms with Crippen LogP contribution in [0.15, 0.2) is 53.7 Å². The molecule has 0 saturated carbocycles. The lowest BCUT2D eigenvalue weighted by Crippen LogP contribution is -2.58. The maximum Gasteiger partial charge on any atom is 0.322 e. The van der Waals surface area contributed by atoms with E-state index >= 15 is 0 Å². The van der Waals surface area contributed by atoms with Crippen LogP contribution >= 0.6 is 11.8 Å². The van der Waals surface area contributed by atoms with Crippen LogP contribution in [0, 0.1) is 5.92 Å². The molecule has 0 radical (unpaired) electrons. The number of aromatic nitrogens is 1. The van der Waals surface area contributed by atoms with Gasteiger partial charge in [-0.15, -0.1) is 11.8 Å². The number of hydrogen-bond acceptors (Lipinski definition) is 5. The minimum Gasteiger partial charge on any atom is -0.339 e. The molecule has 2 aromatic rings. The summed E-state index contributed by atoms with van der Waals surface area (Å²) in [5.74, 6) is -0.372. The predicted molar refractivity (Wildman–Crippen MR) is 114 cm³/mol. The third-order valence-electron chi connectivity index (χ3n) is 5.97. The van der Waals surface area contributed by atoms with Gasteiger partial charge in [-0.05, 0) is 42.7 Å². The highest BCUT2D eigenvalue weighted by molar-refractivity contribution is 7.98. The van der Waals surface area contributed by atoms with Crippen molar-refractivity contribution in [3.05, 3.63) is 59.8 Å². The molecule has 2 aliphatic rings. The molecule has 0 aliphatic carbocycles. The fraction of sp³-hybridized carbons (Fsp3) is 0.364. The summed E-state index contributed by atoms with van der Waals surface area (Å²) < 4.78 is 0. The van der Waals surface area contributed by atoms with Crippen LogP contribution in [0.1, 0.15) is 28.8 Å². The SMILES string of the molecule is CSc1ncccc1C(=O)N1CCC([C@]2(Cc3ccccc3)NC(=O)NC2=O)CC1. The lowest BCUT2D eigenvalue weighted by Gasteiger charge is -2.40. The second-order valence-corrected chi connectivity index (χ2v) is 8.46. The monoisotopic (exact) mass is 424 g/mol. The molecule has 0 bridgehead atoms. The van der Waals surface area contributed by atoms with Crippen LogP contribution in [0.25, 0.3) is 0 Å².